The third-order valence-corrected chi connectivity index (χ3v) is 5.50. The number of rotatable bonds is 3. The second kappa shape index (κ2) is 10.9. The van der Waals surface area contributed by atoms with Crippen molar-refractivity contribution in [1.29, 1.82) is 0 Å². The minimum absolute atomic E-state index is 0.0232. The van der Waals surface area contributed by atoms with Gasteiger partial charge in [-0.25, -0.2) is 5.43 Å². The largest absolute Gasteiger partial charge is 0.273 e. The van der Waals surface area contributed by atoms with Crippen molar-refractivity contribution in [2.45, 2.75) is 77.0 Å². The molecule has 3 rings (SSSR count). The molecular weight excluding hydrogens is 332 g/mol. The van der Waals surface area contributed by atoms with E-state index in [9.17, 15) is 4.79 Å². The lowest BCUT2D eigenvalue weighted by molar-refractivity contribution is -0.120. The predicted octanol–water partition coefficient (Wildman–Crippen LogP) is 6.16. The molecule has 0 saturated heterocycles. The summed E-state index contributed by atoms with van der Waals surface area (Å²) in [6.45, 7) is 0. The molecule has 1 aliphatic rings. The molecule has 0 bridgehead atoms. The lowest BCUT2D eigenvalue weighted by Crippen LogP contribution is -2.22. The molecule has 1 amide bonds. The molecule has 2 aromatic carbocycles. The van der Waals surface area contributed by atoms with Gasteiger partial charge in [0.2, 0.25) is 5.91 Å². The maximum Gasteiger partial charge on any atom is 0.244 e. The second-order valence-corrected chi connectivity index (χ2v) is 7.71. The summed E-state index contributed by atoms with van der Waals surface area (Å²) in [7, 11) is 0. The van der Waals surface area contributed by atoms with Gasteiger partial charge in [-0.2, -0.15) is 5.10 Å². The van der Waals surface area contributed by atoms with E-state index < -0.39 is 0 Å². The van der Waals surface area contributed by atoms with Crippen LogP contribution in [0, 0.1) is 0 Å². The summed E-state index contributed by atoms with van der Waals surface area (Å²) in [6, 6.07) is 14.4. The van der Waals surface area contributed by atoms with Gasteiger partial charge in [-0.1, -0.05) is 87.4 Å². The SMILES string of the molecule is O=C(Cc1cccc2ccccc12)NN=C1CCCCCCCCCCC1. The molecule has 1 fully saturated rings. The van der Waals surface area contributed by atoms with Gasteiger partial charge < -0.3 is 0 Å². The minimum atomic E-state index is -0.0232. The molecule has 0 aliphatic heterocycles. The topological polar surface area (TPSA) is 41.5 Å². The molecule has 0 spiro atoms. The summed E-state index contributed by atoms with van der Waals surface area (Å²) in [5, 5.41) is 6.83. The third kappa shape index (κ3) is 6.50. The number of benzene rings is 2. The van der Waals surface area contributed by atoms with Gasteiger partial charge in [-0.05, 0) is 42.0 Å². The van der Waals surface area contributed by atoms with Gasteiger partial charge in [0.25, 0.3) is 0 Å². The van der Waals surface area contributed by atoms with E-state index in [2.05, 4.69) is 28.7 Å². The standard InChI is InChI=1S/C24H32N2O/c27-24(19-21-15-12-14-20-13-10-11-18-23(20)21)26-25-22-16-8-6-4-2-1-3-5-7-9-17-22/h10-15,18H,1-9,16-17,19H2,(H,26,27). The number of hydrazone groups is 1. The summed E-state index contributed by atoms with van der Waals surface area (Å²) in [6.07, 6.45) is 14.2. The van der Waals surface area contributed by atoms with E-state index in [0.717, 1.165) is 23.8 Å². The number of carbonyl (C=O) groups is 1. The van der Waals surface area contributed by atoms with Gasteiger partial charge in [0.05, 0.1) is 6.42 Å². The van der Waals surface area contributed by atoms with Gasteiger partial charge in [0, 0.05) is 5.71 Å². The van der Waals surface area contributed by atoms with E-state index in [0.29, 0.717) is 6.42 Å². The first-order valence-corrected chi connectivity index (χ1v) is 10.6. The van der Waals surface area contributed by atoms with E-state index in [1.807, 2.05) is 24.3 Å². The Balaban J connectivity index is 1.58. The Kier molecular flexibility index (Phi) is 7.88. The summed E-state index contributed by atoms with van der Waals surface area (Å²) in [5.41, 5.74) is 5.05. The first-order valence-electron chi connectivity index (χ1n) is 10.6. The average Bonchev–Trinajstić information content (AvgIpc) is 2.68. The smallest absolute Gasteiger partial charge is 0.244 e. The first-order chi connectivity index (χ1) is 13.3. The molecule has 144 valence electrons. The van der Waals surface area contributed by atoms with Crippen molar-refractivity contribution in [2.75, 3.05) is 0 Å². The summed E-state index contributed by atoms with van der Waals surface area (Å²) in [4.78, 5) is 12.5. The Morgan fingerprint density at radius 2 is 1.37 bits per heavy atom. The van der Waals surface area contributed by atoms with Crippen LogP contribution < -0.4 is 5.43 Å². The molecule has 0 aromatic heterocycles. The molecule has 3 nitrogen and oxygen atoms in total. The Labute approximate surface area is 163 Å². The van der Waals surface area contributed by atoms with Crippen molar-refractivity contribution in [3.8, 4) is 0 Å². The van der Waals surface area contributed by atoms with Gasteiger partial charge in [0.1, 0.15) is 0 Å². The highest BCUT2D eigenvalue weighted by atomic mass is 16.2. The zero-order valence-corrected chi connectivity index (χ0v) is 16.4. The number of nitrogens with one attached hydrogen (secondary N) is 1. The van der Waals surface area contributed by atoms with Crippen molar-refractivity contribution in [3.05, 3.63) is 48.0 Å². The Morgan fingerprint density at radius 3 is 2.07 bits per heavy atom. The van der Waals surface area contributed by atoms with Crippen LogP contribution in [0.15, 0.2) is 47.6 Å². The van der Waals surface area contributed by atoms with Gasteiger partial charge in [-0.15, -0.1) is 0 Å². The second-order valence-electron chi connectivity index (χ2n) is 7.71. The molecule has 0 atom stereocenters. The highest BCUT2D eigenvalue weighted by Crippen LogP contribution is 2.19. The van der Waals surface area contributed by atoms with Crippen LogP contribution in [0.5, 0.6) is 0 Å². The van der Waals surface area contributed by atoms with Crippen molar-refractivity contribution in [2.24, 2.45) is 5.10 Å². The molecule has 0 radical (unpaired) electrons. The van der Waals surface area contributed by atoms with Crippen molar-refractivity contribution < 1.29 is 4.79 Å². The number of fused-ring (bicyclic) bond motifs is 1. The molecule has 27 heavy (non-hydrogen) atoms. The number of carbonyl (C=O) groups excluding carboxylic acids is 1. The third-order valence-electron chi connectivity index (χ3n) is 5.50. The van der Waals surface area contributed by atoms with Crippen LogP contribution in [0.4, 0.5) is 0 Å². The molecule has 2 aromatic rings. The zero-order valence-electron chi connectivity index (χ0n) is 16.4. The van der Waals surface area contributed by atoms with Gasteiger partial charge in [-0.3, -0.25) is 4.79 Å². The molecule has 1 N–H and O–H groups in total. The molecular formula is C24H32N2O. The number of amides is 1. The maximum atomic E-state index is 12.5. The Morgan fingerprint density at radius 1 is 0.778 bits per heavy atom. The van der Waals surface area contributed by atoms with Crippen molar-refractivity contribution in [1.82, 2.24) is 5.43 Å². The first kappa shape index (κ1) is 19.6. The van der Waals surface area contributed by atoms with Gasteiger partial charge >= 0.3 is 0 Å². The van der Waals surface area contributed by atoms with Crippen LogP contribution in [0.3, 0.4) is 0 Å². The quantitative estimate of drug-likeness (QED) is 0.651. The van der Waals surface area contributed by atoms with Gasteiger partial charge in [0.15, 0.2) is 0 Å². The Bertz CT molecular complexity index is 747. The molecule has 0 heterocycles. The number of hydrogen-bond donors (Lipinski definition) is 1. The average molecular weight is 365 g/mol. The monoisotopic (exact) mass is 364 g/mol. The molecule has 0 unspecified atom stereocenters. The molecule has 1 aliphatic carbocycles. The van der Waals surface area contributed by atoms with Crippen LogP contribution in [0.2, 0.25) is 0 Å². The fraction of sp³-hybridized carbons (Fsp3) is 0.500. The number of hydrogen-bond acceptors (Lipinski definition) is 2. The minimum Gasteiger partial charge on any atom is -0.273 e. The molecule has 1 saturated carbocycles. The Hall–Kier alpha value is -2.16. The highest BCUT2D eigenvalue weighted by Gasteiger charge is 2.08. The van der Waals surface area contributed by atoms with Crippen molar-refractivity contribution in [3.63, 3.8) is 0 Å². The zero-order chi connectivity index (χ0) is 18.7. The van der Waals surface area contributed by atoms with Crippen LogP contribution in [-0.4, -0.2) is 11.6 Å². The lowest BCUT2D eigenvalue weighted by atomic mass is 10.00. The van der Waals surface area contributed by atoms with E-state index in [4.69, 9.17) is 0 Å². The van der Waals surface area contributed by atoms with Crippen molar-refractivity contribution >= 4 is 22.4 Å². The molecule has 3 heteroatoms. The highest BCUT2D eigenvalue weighted by molar-refractivity contribution is 5.91. The van der Waals surface area contributed by atoms with E-state index in [1.165, 1.54) is 68.9 Å². The predicted molar refractivity (Wildman–Crippen MR) is 114 cm³/mol. The van der Waals surface area contributed by atoms with Crippen LogP contribution >= 0.6 is 0 Å². The lowest BCUT2D eigenvalue weighted by Gasteiger charge is -2.10. The summed E-state index contributed by atoms with van der Waals surface area (Å²) >= 11 is 0. The fourth-order valence-corrected chi connectivity index (χ4v) is 3.93. The van der Waals surface area contributed by atoms with E-state index in [-0.39, 0.29) is 5.91 Å². The maximum absolute atomic E-state index is 12.5. The normalized spacial score (nSPS) is 17.0. The van der Waals surface area contributed by atoms with Crippen LogP contribution in [0.1, 0.15) is 76.2 Å². The summed E-state index contributed by atoms with van der Waals surface area (Å²) in [5.74, 6) is -0.0232. The van der Waals surface area contributed by atoms with Crippen LogP contribution in [-0.2, 0) is 11.2 Å². The summed E-state index contributed by atoms with van der Waals surface area (Å²) < 4.78 is 0. The van der Waals surface area contributed by atoms with E-state index >= 15 is 0 Å². The fourth-order valence-electron chi connectivity index (χ4n) is 3.93. The van der Waals surface area contributed by atoms with Crippen LogP contribution in [0.25, 0.3) is 10.8 Å². The number of nitrogens with zero attached hydrogens (tertiary/aromatic N) is 1. The van der Waals surface area contributed by atoms with E-state index in [1.54, 1.807) is 0 Å².